The Bertz CT molecular complexity index is 190. The van der Waals surface area contributed by atoms with E-state index in [1.54, 1.807) is 0 Å². The first-order valence-electron chi connectivity index (χ1n) is 5.14. The average molecular weight is 201 g/mol. The van der Waals surface area contributed by atoms with E-state index >= 15 is 0 Å². The molecule has 1 N–H and O–H groups in total. The van der Waals surface area contributed by atoms with Crippen LogP contribution in [0.5, 0.6) is 0 Å². The van der Waals surface area contributed by atoms with Crippen LogP contribution in [0.4, 0.5) is 0 Å². The van der Waals surface area contributed by atoms with Crippen molar-refractivity contribution in [2.45, 2.75) is 46.0 Å². The molecule has 0 saturated carbocycles. The summed E-state index contributed by atoms with van der Waals surface area (Å²) in [6.07, 6.45) is 4.21. The van der Waals surface area contributed by atoms with Gasteiger partial charge in [-0.3, -0.25) is 0 Å². The molecule has 0 fully saturated rings. The Morgan fingerprint density at radius 2 is 1.93 bits per heavy atom. The molecule has 0 radical (unpaired) electrons. The zero-order valence-corrected chi connectivity index (χ0v) is 8.95. The van der Waals surface area contributed by atoms with Gasteiger partial charge in [0.25, 0.3) is 0 Å². The first-order valence-corrected chi connectivity index (χ1v) is 5.14. The minimum atomic E-state index is -0.977. The molecule has 0 saturated heterocycles. The largest absolute Gasteiger partial charge is 0.477 e. The molecule has 4 nitrogen and oxygen atoms in total. The summed E-state index contributed by atoms with van der Waals surface area (Å²) in [4.78, 5) is 15.6. The van der Waals surface area contributed by atoms with Gasteiger partial charge in [-0.1, -0.05) is 31.8 Å². The first-order chi connectivity index (χ1) is 6.72. The van der Waals surface area contributed by atoms with Crippen LogP contribution in [0.2, 0.25) is 0 Å². The molecule has 0 spiro atoms. The van der Waals surface area contributed by atoms with Gasteiger partial charge in [0, 0.05) is 6.42 Å². The molecule has 0 rings (SSSR count). The maximum absolute atomic E-state index is 10.7. The zero-order chi connectivity index (χ0) is 10.8. The predicted molar refractivity (Wildman–Crippen MR) is 55.5 cm³/mol. The van der Waals surface area contributed by atoms with Gasteiger partial charge in [-0.2, -0.15) is 0 Å². The summed E-state index contributed by atoms with van der Waals surface area (Å²) >= 11 is 0. The summed E-state index contributed by atoms with van der Waals surface area (Å²) in [5.74, 6) is -0.977. The smallest absolute Gasteiger partial charge is 0.353 e. The number of nitrogens with zero attached hydrogens (tertiary/aromatic N) is 1. The normalized spacial score (nSPS) is 11.4. The molecule has 0 aromatic rings. The van der Waals surface area contributed by atoms with Crippen molar-refractivity contribution < 1.29 is 14.7 Å². The van der Waals surface area contributed by atoms with E-state index in [9.17, 15) is 4.79 Å². The van der Waals surface area contributed by atoms with Gasteiger partial charge in [-0.25, -0.2) is 4.79 Å². The summed E-state index contributed by atoms with van der Waals surface area (Å²) in [7, 11) is 0. The van der Waals surface area contributed by atoms with Gasteiger partial charge >= 0.3 is 5.97 Å². The second-order valence-corrected chi connectivity index (χ2v) is 3.13. The lowest BCUT2D eigenvalue weighted by molar-refractivity contribution is -0.129. The van der Waals surface area contributed by atoms with Gasteiger partial charge in [0.1, 0.15) is 6.61 Å². The third kappa shape index (κ3) is 6.46. The van der Waals surface area contributed by atoms with Gasteiger partial charge in [-0.15, -0.1) is 0 Å². The van der Waals surface area contributed by atoms with Gasteiger partial charge in [0.2, 0.25) is 0 Å². The third-order valence-corrected chi connectivity index (χ3v) is 1.78. The minimum absolute atomic E-state index is 0.128. The molecule has 0 atom stereocenters. The minimum Gasteiger partial charge on any atom is -0.477 e. The number of oxime groups is 1. The monoisotopic (exact) mass is 201 g/mol. The van der Waals surface area contributed by atoms with Crippen molar-refractivity contribution in [1.82, 2.24) is 0 Å². The SMILES string of the molecule is CCCCON=C(CCCC)C(=O)O. The van der Waals surface area contributed by atoms with Gasteiger partial charge in [-0.05, 0) is 12.8 Å². The Kier molecular flexibility index (Phi) is 7.89. The van der Waals surface area contributed by atoms with E-state index in [-0.39, 0.29) is 5.71 Å². The fourth-order valence-electron chi connectivity index (χ4n) is 0.868. The fourth-order valence-corrected chi connectivity index (χ4v) is 0.868. The lowest BCUT2D eigenvalue weighted by Crippen LogP contribution is -2.13. The standard InChI is InChI=1S/C10H19NO3/c1-3-5-7-9(10(12)13)11-14-8-6-4-2/h3-8H2,1-2H3,(H,12,13). The Morgan fingerprint density at radius 1 is 1.29 bits per heavy atom. The molecular formula is C10H19NO3. The van der Waals surface area contributed by atoms with Crippen LogP contribution in [0, 0.1) is 0 Å². The van der Waals surface area contributed by atoms with Crippen LogP contribution in [-0.4, -0.2) is 23.4 Å². The number of carboxylic acid groups (broad SMARTS) is 1. The highest BCUT2D eigenvalue weighted by molar-refractivity contribution is 6.35. The number of rotatable bonds is 8. The number of aliphatic carboxylic acids is 1. The Morgan fingerprint density at radius 3 is 2.43 bits per heavy atom. The van der Waals surface area contributed by atoms with Crippen molar-refractivity contribution in [3.8, 4) is 0 Å². The van der Waals surface area contributed by atoms with Crippen molar-refractivity contribution in [3.05, 3.63) is 0 Å². The van der Waals surface area contributed by atoms with Crippen LogP contribution in [-0.2, 0) is 9.63 Å². The number of unbranched alkanes of at least 4 members (excludes halogenated alkanes) is 2. The average Bonchev–Trinajstić information content (AvgIpc) is 2.16. The summed E-state index contributed by atoms with van der Waals surface area (Å²) in [5.41, 5.74) is 0.128. The molecular weight excluding hydrogens is 182 g/mol. The molecule has 0 aromatic carbocycles. The van der Waals surface area contributed by atoms with E-state index in [2.05, 4.69) is 5.16 Å². The van der Waals surface area contributed by atoms with E-state index in [0.717, 1.165) is 25.7 Å². The molecule has 0 amide bonds. The maximum Gasteiger partial charge on any atom is 0.353 e. The highest BCUT2D eigenvalue weighted by Gasteiger charge is 2.08. The molecule has 0 aliphatic heterocycles. The topological polar surface area (TPSA) is 58.9 Å². The zero-order valence-electron chi connectivity index (χ0n) is 8.95. The Hall–Kier alpha value is -1.06. The van der Waals surface area contributed by atoms with Crippen LogP contribution >= 0.6 is 0 Å². The van der Waals surface area contributed by atoms with Crippen LogP contribution < -0.4 is 0 Å². The van der Waals surface area contributed by atoms with E-state index in [1.807, 2.05) is 13.8 Å². The molecule has 0 heterocycles. The van der Waals surface area contributed by atoms with Crippen LogP contribution in [0.3, 0.4) is 0 Å². The van der Waals surface area contributed by atoms with E-state index < -0.39 is 5.97 Å². The molecule has 14 heavy (non-hydrogen) atoms. The lowest BCUT2D eigenvalue weighted by atomic mass is 10.2. The first kappa shape index (κ1) is 12.9. The van der Waals surface area contributed by atoms with E-state index in [4.69, 9.17) is 9.94 Å². The van der Waals surface area contributed by atoms with Crippen LogP contribution in [0.25, 0.3) is 0 Å². The lowest BCUT2D eigenvalue weighted by Gasteiger charge is -2.01. The summed E-state index contributed by atoms with van der Waals surface area (Å²) < 4.78 is 0. The molecule has 0 aliphatic carbocycles. The van der Waals surface area contributed by atoms with Crippen molar-refractivity contribution >= 4 is 11.7 Å². The predicted octanol–water partition coefficient (Wildman–Crippen LogP) is 2.43. The molecule has 0 aliphatic rings. The molecule has 4 heteroatoms. The molecule has 0 aromatic heterocycles. The number of hydrogen-bond donors (Lipinski definition) is 1. The maximum atomic E-state index is 10.7. The van der Waals surface area contributed by atoms with Crippen molar-refractivity contribution in [1.29, 1.82) is 0 Å². The third-order valence-electron chi connectivity index (χ3n) is 1.78. The number of carbonyl (C=O) groups is 1. The quantitative estimate of drug-likeness (QED) is 0.373. The number of hydrogen-bond acceptors (Lipinski definition) is 3. The van der Waals surface area contributed by atoms with Crippen molar-refractivity contribution in [2.75, 3.05) is 6.61 Å². The Labute approximate surface area is 84.9 Å². The highest BCUT2D eigenvalue weighted by Crippen LogP contribution is 1.99. The summed E-state index contributed by atoms with van der Waals surface area (Å²) in [6.45, 7) is 4.55. The second kappa shape index (κ2) is 8.53. The van der Waals surface area contributed by atoms with Crippen LogP contribution in [0.15, 0.2) is 5.16 Å². The Balaban J connectivity index is 3.86. The summed E-state index contributed by atoms with van der Waals surface area (Å²) in [6, 6.07) is 0. The van der Waals surface area contributed by atoms with Gasteiger partial charge in [0.15, 0.2) is 5.71 Å². The number of carboxylic acids is 1. The van der Waals surface area contributed by atoms with Crippen molar-refractivity contribution in [2.24, 2.45) is 5.16 Å². The fraction of sp³-hybridized carbons (Fsp3) is 0.800. The van der Waals surface area contributed by atoms with Gasteiger partial charge in [0.05, 0.1) is 0 Å². The second-order valence-electron chi connectivity index (χ2n) is 3.13. The van der Waals surface area contributed by atoms with E-state index in [1.165, 1.54) is 0 Å². The van der Waals surface area contributed by atoms with Gasteiger partial charge < -0.3 is 9.94 Å². The summed E-state index contributed by atoms with van der Waals surface area (Å²) in [5, 5.41) is 12.4. The van der Waals surface area contributed by atoms with Crippen molar-refractivity contribution in [3.63, 3.8) is 0 Å². The highest BCUT2D eigenvalue weighted by atomic mass is 16.6. The molecule has 0 unspecified atom stereocenters. The molecule has 82 valence electrons. The van der Waals surface area contributed by atoms with E-state index in [0.29, 0.717) is 13.0 Å². The van der Waals surface area contributed by atoms with Crippen LogP contribution in [0.1, 0.15) is 46.0 Å². The molecule has 0 bridgehead atoms.